The zero-order valence-corrected chi connectivity index (χ0v) is 16.7. The zero-order valence-electron chi connectivity index (χ0n) is 15.9. The quantitative estimate of drug-likeness (QED) is 0.534. The molecule has 0 aliphatic carbocycles. The van der Waals surface area contributed by atoms with Crippen molar-refractivity contribution in [2.24, 2.45) is 0 Å². The second-order valence-corrected chi connectivity index (χ2v) is 8.02. The van der Waals surface area contributed by atoms with Gasteiger partial charge in [-0.05, 0) is 61.4 Å². The Labute approximate surface area is 168 Å². The van der Waals surface area contributed by atoms with E-state index in [2.05, 4.69) is 5.32 Å². The Morgan fingerprint density at radius 2 is 1.86 bits per heavy atom. The fourth-order valence-corrected chi connectivity index (χ4v) is 3.77. The summed E-state index contributed by atoms with van der Waals surface area (Å²) in [7, 11) is -1.12. The van der Waals surface area contributed by atoms with E-state index < -0.39 is 16.9 Å². The van der Waals surface area contributed by atoms with Crippen LogP contribution in [0.2, 0.25) is 0 Å². The summed E-state index contributed by atoms with van der Waals surface area (Å²) in [5.74, 6) is 1.27. The molecule has 6 nitrogen and oxygen atoms in total. The molecular weight excluding hydrogens is 376 g/mol. The third-order valence-electron chi connectivity index (χ3n) is 4.31. The molecular formula is C21H26N2O4S. The summed E-state index contributed by atoms with van der Waals surface area (Å²) in [4.78, 5) is 0.698. The summed E-state index contributed by atoms with van der Waals surface area (Å²) in [6.07, 6.45) is 0.899. The van der Waals surface area contributed by atoms with Gasteiger partial charge in [0, 0.05) is 23.2 Å². The highest BCUT2D eigenvalue weighted by Gasteiger charge is 2.13. The van der Waals surface area contributed by atoms with Gasteiger partial charge < -0.3 is 20.3 Å². The van der Waals surface area contributed by atoms with E-state index in [1.54, 1.807) is 36.4 Å². The third kappa shape index (κ3) is 7.31. The number of nitrogens with zero attached hydrogens (tertiary/aromatic N) is 1. The lowest BCUT2D eigenvalue weighted by molar-refractivity contribution is 0.103. The number of phenolic OH excluding ortho intramolecular Hbond substituents is 1. The van der Waals surface area contributed by atoms with Crippen molar-refractivity contribution >= 4 is 10.8 Å². The van der Waals surface area contributed by atoms with Gasteiger partial charge in [-0.2, -0.15) is 5.26 Å². The Hall–Kier alpha value is -2.40. The van der Waals surface area contributed by atoms with Crippen molar-refractivity contribution in [3.05, 3.63) is 54.1 Å². The molecule has 0 aromatic heterocycles. The predicted molar refractivity (Wildman–Crippen MR) is 109 cm³/mol. The van der Waals surface area contributed by atoms with Gasteiger partial charge in [0.05, 0.1) is 22.4 Å². The van der Waals surface area contributed by atoms with E-state index in [-0.39, 0.29) is 18.4 Å². The molecule has 3 unspecified atom stereocenters. The Bertz CT molecular complexity index is 788. The van der Waals surface area contributed by atoms with Crippen molar-refractivity contribution in [2.45, 2.75) is 36.8 Å². The average molecular weight is 403 g/mol. The molecule has 3 N–H and O–H groups in total. The standard InChI is InChI=1S/C21H26N2O4S/c1-2-17(11-12-28(26)21-9-5-18(24)6-10-21)23-14-19(25)15-27-20-7-3-16(13-22)4-8-20/h3-10,17,19,23-25H,2,11-12,14-15H2,1H3. The maximum Gasteiger partial charge on any atom is 0.119 e. The lowest BCUT2D eigenvalue weighted by Gasteiger charge is -2.19. The number of hydrogen-bond acceptors (Lipinski definition) is 6. The molecule has 28 heavy (non-hydrogen) atoms. The van der Waals surface area contributed by atoms with E-state index in [0.717, 1.165) is 6.42 Å². The van der Waals surface area contributed by atoms with Crippen LogP contribution in [0.4, 0.5) is 0 Å². The summed E-state index contributed by atoms with van der Waals surface area (Å²) in [6.45, 7) is 2.57. The number of ether oxygens (including phenoxy) is 1. The Morgan fingerprint density at radius 1 is 1.18 bits per heavy atom. The number of nitrogens with one attached hydrogen (secondary N) is 1. The molecule has 150 valence electrons. The molecule has 7 heteroatoms. The lowest BCUT2D eigenvalue weighted by Crippen LogP contribution is -2.38. The van der Waals surface area contributed by atoms with Crippen LogP contribution in [0, 0.1) is 11.3 Å². The monoisotopic (exact) mass is 402 g/mol. The lowest BCUT2D eigenvalue weighted by atomic mass is 10.1. The number of rotatable bonds is 11. The molecule has 2 aromatic rings. The second kappa shape index (κ2) is 11.4. The van der Waals surface area contributed by atoms with Crippen LogP contribution < -0.4 is 10.1 Å². The van der Waals surface area contributed by atoms with Crippen molar-refractivity contribution in [3.8, 4) is 17.6 Å². The van der Waals surface area contributed by atoms with E-state index in [4.69, 9.17) is 10.00 Å². The summed E-state index contributed by atoms with van der Waals surface area (Å²) in [5.41, 5.74) is 0.560. The number of benzene rings is 2. The normalized spacial score (nSPS) is 14.0. The highest BCUT2D eigenvalue weighted by atomic mass is 32.2. The maximum atomic E-state index is 12.3. The van der Waals surface area contributed by atoms with Crippen LogP contribution in [-0.2, 0) is 10.8 Å². The van der Waals surface area contributed by atoms with Crippen LogP contribution >= 0.6 is 0 Å². The smallest absolute Gasteiger partial charge is 0.119 e. The molecule has 0 spiro atoms. The fraction of sp³-hybridized carbons (Fsp3) is 0.381. The van der Waals surface area contributed by atoms with E-state index >= 15 is 0 Å². The summed E-state index contributed by atoms with van der Waals surface area (Å²) < 4.78 is 17.9. The molecule has 0 aliphatic rings. The van der Waals surface area contributed by atoms with Crippen LogP contribution in [-0.4, -0.2) is 45.5 Å². The predicted octanol–water partition coefficient (Wildman–Crippen LogP) is 2.57. The molecule has 0 bridgehead atoms. The number of phenols is 1. The van der Waals surface area contributed by atoms with E-state index in [1.807, 2.05) is 13.0 Å². The maximum absolute atomic E-state index is 12.3. The van der Waals surface area contributed by atoms with Gasteiger partial charge in [-0.25, -0.2) is 0 Å². The topological polar surface area (TPSA) is 103 Å². The van der Waals surface area contributed by atoms with Crippen LogP contribution in [0.15, 0.2) is 53.4 Å². The molecule has 2 rings (SSSR count). The minimum atomic E-state index is -1.12. The van der Waals surface area contributed by atoms with Gasteiger partial charge in [0.15, 0.2) is 0 Å². The molecule has 3 atom stereocenters. The first-order valence-electron chi connectivity index (χ1n) is 9.23. The van der Waals surface area contributed by atoms with E-state index in [0.29, 0.717) is 34.9 Å². The van der Waals surface area contributed by atoms with Gasteiger partial charge in [-0.15, -0.1) is 0 Å². The van der Waals surface area contributed by atoms with Crippen LogP contribution in [0.1, 0.15) is 25.3 Å². The largest absolute Gasteiger partial charge is 0.508 e. The fourth-order valence-electron chi connectivity index (χ4n) is 2.60. The third-order valence-corrected chi connectivity index (χ3v) is 5.72. The first kappa shape index (κ1) is 21.9. The highest BCUT2D eigenvalue weighted by Crippen LogP contribution is 2.15. The van der Waals surface area contributed by atoms with Gasteiger partial charge in [0.1, 0.15) is 24.2 Å². The number of hydrogen-bond donors (Lipinski definition) is 3. The number of nitriles is 1. The summed E-state index contributed by atoms with van der Waals surface area (Å²) in [6, 6.07) is 15.3. The van der Waals surface area contributed by atoms with Crippen molar-refractivity contribution < 1.29 is 19.2 Å². The van der Waals surface area contributed by atoms with Crippen molar-refractivity contribution in [1.82, 2.24) is 5.32 Å². The zero-order chi connectivity index (χ0) is 20.4. The molecule has 0 amide bonds. The molecule has 0 radical (unpaired) electrons. The van der Waals surface area contributed by atoms with Gasteiger partial charge in [0.25, 0.3) is 0 Å². The minimum Gasteiger partial charge on any atom is -0.508 e. The van der Waals surface area contributed by atoms with E-state index in [1.165, 1.54) is 12.1 Å². The van der Waals surface area contributed by atoms with Crippen LogP contribution in [0.3, 0.4) is 0 Å². The van der Waals surface area contributed by atoms with Crippen LogP contribution in [0.5, 0.6) is 11.5 Å². The van der Waals surface area contributed by atoms with Crippen molar-refractivity contribution in [3.63, 3.8) is 0 Å². The molecule has 0 saturated heterocycles. The molecule has 0 saturated carbocycles. The van der Waals surface area contributed by atoms with Gasteiger partial charge >= 0.3 is 0 Å². The molecule has 0 aliphatic heterocycles. The Morgan fingerprint density at radius 3 is 2.46 bits per heavy atom. The summed E-state index contributed by atoms with van der Waals surface area (Å²) >= 11 is 0. The number of aliphatic hydroxyl groups is 1. The Balaban J connectivity index is 1.70. The molecule has 0 fully saturated rings. The highest BCUT2D eigenvalue weighted by molar-refractivity contribution is 7.85. The second-order valence-electron chi connectivity index (χ2n) is 6.45. The minimum absolute atomic E-state index is 0.144. The van der Waals surface area contributed by atoms with Gasteiger partial charge in [-0.3, -0.25) is 4.21 Å². The molecule has 2 aromatic carbocycles. The van der Waals surface area contributed by atoms with E-state index in [9.17, 15) is 14.4 Å². The van der Waals surface area contributed by atoms with Crippen LogP contribution in [0.25, 0.3) is 0 Å². The number of aliphatic hydroxyl groups excluding tert-OH is 1. The SMILES string of the molecule is CCC(CCS(=O)c1ccc(O)cc1)NCC(O)COc1ccc(C#N)cc1. The van der Waals surface area contributed by atoms with Gasteiger partial charge in [0.2, 0.25) is 0 Å². The van der Waals surface area contributed by atoms with Crippen molar-refractivity contribution in [2.75, 3.05) is 18.9 Å². The summed E-state index contributed by atoms with van der Waals surface area (Å²) in [5, 5.41) is 31.5. The number of aromatic hydroxyl groups is 1. The van der Waals surface area contributed by atoms with Crippen molar-refractivity contribution in [1.29, 1.82) is 5.26 Å². The van der Waals surface area contributed by atoms with Gasteiger partial charge in [-0.1, -0.05) is 6.92 Å². The average Bonchev–Trinajstić information content (AvgIpc) is 2.73. The molecule has 0 heterocycles. The first-order valence-corrected chi connectivity index (χ1v) is 10.6. The Kier molecular flexibility index (Phi) is 8.95. The first-order chi connectivity index (χ1) is 13.5.